The summed E-state index contributed by atoms with van der Waals surface area (Å²) >= 11 is 1.56. The molecule has 1 N–H and O–H groups in total. The number of rotatable bonds is 4. The maximum atomic E-state index is 12.3. The van der Waals surface area contributed by atoms with E-state index in [0.717, 1.165) is 50.5 Å². The van der Waals surface area contributed by atoms with Gasteiger partial charge in [0.25, 0.3) is 0 Å². The fraction of sp³-hybridized carbons (Fsp3) is 0.625. The second-order valence-corrected chi connectivity index (χ2v) is 6.86. The summed E-state index contributed by atoms with van der Waals surface area (Å²) in [4.78, 5) is 25.8. The molecule has 0 bridgehead atoms. The Morgan fingerprint density at radius 3 is 2.71 bits per heavy atom. The Hall–Kier alpha value is -1.36. The van der Waals surface area contributed by atoms with E-state index in [1.54, 1.807) is 18.3 Å². The van der Waals surface area contributed by atoms with Crippen LogP contribution in [0.3, 0.4) is 0 Å². The molecule has 0 unspecified atom stereocenters. The van der Waals surface area contributed by atoms with Crippen LogP contribution in [0.1, 0.15) is 59.8 Å². The Bertz CT molecular complexity index is 558. The van der Waals surface area contributed by atoms with Gasteiger partial charge in [-0.05, 0) is 44.6 Å². The normalized spacial score (nSPS) is 17.8. The number of thiophene rings is 1. The highest BCUT2D eigenvalue weighted by Gasteiger charge is 2.30. The number of esters is 1. The third kappa shape index (κ3) is 2.84. The summed E-state index contributed by atoms with van der Waals surface area (Å²) in [5, 5.41) is 3.70. The second kappa shape index (κ2) is 6.18. The van der Waals surface area contributed by atoms with Crippen molar-refractivity contribution in [2.75, 3.05) is 11.9 Å². The maximum Gasteiger partial charge on any atom is 0.341 e. The SMILES string of the molecule is CCOC(=O)c1c(NC(=O)C2CCCC2)sc2c1CCC2. The highest BCUT2D eigenvalue weighted by atomic mass is 32.1. The maximum absolute atomic E-state index is 12.3. The van der Waals surface area contributed by atoms with Gasteiger partial charge in [0.15, 0.2) is 0 Å². The van der Waals surface area contributed by atoms with E-state index >= 15 is 0 Å². The number of nitrogens with one attached hydrogen (secondary N) is 1. The van der Waals surface area contributed by atoms with Crippen LogP contribution < -0.4 is 5.32 Å². The van der Waals surface area contributed by atoms with E-state index in [4.69, 9.17) is 4.74 Å². The van der Waals surface area contributed by atoms with Gasteiger partial charge in [-0.1, -0.05) is 12.8 Å². The Balaban J connectivity index is 1.84. The molecule has 0 atom stereocenters. The molecule has 2 aliphatic rings. The average molecular weight is 307 g/mol. The number of hydrogen-bond acceptors (Lipinski definition) is 4. The number of amides is 1. The summed E-state index contributed by atoms with van der Waals surface area (Å²) in [5.41, 5.74) is 1.71. The monoisotopic (exact) mass is 307 g/mol. The molecule has 0 aromatic carbocycles. The zero-order chi connectivity index (χ0) is 14.8. The number of aryl methyl sites for hydroxylation is 1. The molecule has 2 aliphatic carbocycles. The number of carbonyl (C=O) groups is 2. The molecule has 1 fully saturated rings. The van der Waals surface area contributed by atoms with E-state index in [1.807, 2.05) is 0 Å². The quantitative estimate of drug-likeness (QED) is 0.866. The Labute approximate surface area is 128 Å². The first kappa shape index (κ1) is 14.6. The molecule has 1 heterocycles. The first-order chi connectivity index (χ1) is 10.2. The molecule has 1 amide bonds. The minimum absolute atomic E-state index is 0.0676. The average Bonchev–Trinajstić information content (AvgIpc) is 3.14. The van der Waals surface area contributed by atoms with Gasteiger partial charge in [-0.3, -0.25) is 4.79 Å². The molecule has 3 rings (SSSR count). The van der Waals surface area contributed by atoms with Gasteiger partial charge in [0.1, 0.15) is 5.00 Å². The first-order valence-corrected chi connectivity index (χ1v) is 8.65. The third-order valence-corrected chi connectivity index (χ3v) is 5.57. The molecule has 1 aromatic heterocycles. The zero-order valence-electron chi connectivity index (χ0n) is 12.4. The summed E-state index contributed by atoms with van der Waals surface area (Å²) in [5.74, 6) is -0.117. The van der Waals surface area contributed by atoms with E-state index in [1.165, 1.54) is 4.88 Å². The van der Waals surface area contributed by atoms with E-state index in [2.05, 4.69) is 5.32 Å². The molecule has 0 aliphatic heterocycles. The number of fused-ring (bicyclic) bond motifs is 1. The van der Waals surface area contributed by atoms with Crippen LogP contribution >= 0.6 is 11.3 Å². The van der Waals surface area contributed by atoms with Crippen LogP contribution in [0, 0.1) is 5.92 Å². The van der Waals surface area contributed by atoms with Gasteiger partial charge in [-0.2, -0.15) is 0 Å². The second-order valence-electron chi connectivity index (χ2n) is 5.75. The van der Waals surface area contributed by atoms with Crippen LogP contribution in [-0.2, 0) is 22.4 Å². The third-order valence-electron chi connectivity index (χ3n) is 4.36. The molecule has 1 saturated carbocycles. The van der Waals surface area contributed by atoms with Gasteiger partial charge >= 0.3 is 5.97 Å². The molecule has 0 radical (unpaired) electrons. The van der Waals surface area contributed by atoms with Gasteiger partial charge < -0.3 is 10.1 Å². The topological polar surface area (TPSA) is 55.4 Å². The molecule has 4 nitrogen and oxygen atoms in total. The molecule has 21 heavy (non-hydrogen) atoms. The minimum Gasteiger partial charge on any atom is -0.462 e. The summed E-state index contributed by atoms with van der Waals surface area (Å²) in [6.07, 6.45) is 7.19. The van der Waals surface area contributed by atoms with Crippen molar-refractivity contribution in [3.8, 4) is 0 Å². The lowest BCUT2D eigenvalue weighted by Crippen LogP contribution is -2.21. The van der Waals surface area contributed by atoms with Crippen LogP contribution in [-0.4, -0.2) is 18.5 Å². The van der Waals surface area contributed by atoms with Crippen molar-refractivity contribution in [1.82, 2.24) is 0 Å². The Morgan fingerprint density at radius 1 is 1.24 bits per heavy atom. The van der Waals surface area contributed by atoms with E-state index < -0.39 is 0 Å². The van der Waals surface area contributed by atoms with Crippen molar-refractivity contribution < 1.29 is 14.3 Å². The van der Waals surface area contributed by atoms with Gasteiger partial charge in [0.2, 0.25) is 5.91 Å². The molecule has 114 valence electrons. The van der Waals surface area contributed by atoms with Crippen molar-refractivity contribution in [3.05, 3.63) is 16.0 Å². The van der Waals surface area contributed by atoms with E-state index in [-0.39, 0.29) is 17.8 Å². The fourth-order valence-corrected chi connectivity index (χ4v) is 4.59. The highest BCUT2D eigenvalue weighted by Crippen LogP contribution is 2.40. The molecule has 5 heteroatoms. The molecular formula is C16H21NO3S. The number of carbonyl (C=O) groups excluding carboxylic acids is 2. The predicted octanol–water partition coefficient (Wildman–Crippen LogP) is 3.54. The van der Waals surface area contributed by atoms with Gasteiger partial charge in [0.05, 0.1) is 12.2 Å². The molecular weight excluding hydrogens is 286 g/mol. The standard InChI is InChI=1S/C16H21NO3S/c1-2-20-16(19)13-11-8-5-9-12(11)21-15(13)17-14(18)10-6-3-4-7-10/h10H,2-9H2,1H3,(H,17,18). The largest absolute Gasteiger partial charge is 0.462 e. The van der Waals surface area contributed by atoms with Crippen LogP contribution in [0.5, 0.6) is 0 Å². The predicted molar refractivity (Wildman–Crippen MR) is 82.9 cm³/mol. The smallest absolute Gasteiger partial charge is 0.341 e. The number of anilines is 1. The van der Waals surface area contributed by atoms with Gasteiger partial charge in [0, 0.05) is 10.8 Å². The lowest BCUT2D eigenvalue weighted by molar-refractivity contribution is -0.119. The van der Waals surface area contributed by atoms with Crippen LogP contribution in [0.15, 0.2) is 0 Å². The first-order valence-electron chi connectivity index (χ1n) is 7.83. The van der Waals surface area contributed by atoms with Crippen molar-refractivity contribution in [2.24, 2.45) is 5.92 Å². The van der Waals surface area contributed by atoms with E-state index in [9.17, 15) is 9.59 Å². The Morgan fingerprint density at radius 2 is 2.00 bits per heavy atom. The summed E-state index contributed by atoms with van der Waals surface area (Å²) in [6.45, 7) is 2.17. The van der Waals surface area contributed by atoms with Gasteiger partial charge in [-0.15, -0.1) is 11.3 Å². The zero-order valence-corrected chi connectivity index (χ0v) is 13.2. The van der Waals surface area contributed by atoms with Crippen molar-refractivity contribution >= 4 is 28.2 Å². The number of hydrogen-bond donors (Lipinski definition) is 1. The molecule has 1 aromatic rings. The van der Waals surface area contributed by atoms with Crippen LogP contribution in [0.25, 0.3) is 0 Å². The fourth-order valence-electron chi connectivity index (χ4n) is 3.31. The summed E-state index contributed by atoms with van der Waals surface area (Å²) < 4.78 is 5.18. The summed E-state index contributed by atoms with van der Waals surface area (Å²) in [7, 11) is 0. The van der Waals surface area contributed by atoms with E-state index in [0.29, 0.717) is 17.2 Å². The van der Waals surface area contributed by atoms with Crippen LogP contribution in [0.4, 0.5) is 5.00 Å². The molecule has 0 spiro atoms. The van der Waals surface area contributed by atoms with Crippen molar-refractivity contribution in [2.45, 2.75) is 51.9 Å². The van der Waals surface area contributed by atoms with Crippen LogP contribution in [0.2, 0.25) is 0 Å². The van der Waals surface area contributed by atoms with Crippen molar-refractivity contribution in [3.63, 3.8) is 0 Å². The summed E-state index contributed by atoms with van der Waals surface area (Å²) in [6, 6.07) is 0. The minimum atomic E-state index is -0.293. The number of ether oxygens (including phenoxy) is 1. The highest BCUT2D eigenvalue weighted by molar-refractivity contribution is 7.17. The lowest BCUT2D eigenvalue weighted by atomic mass is 10.1. The van der Waals surface area contributed by atoms with Crippen molar-refractivity contribution in [1.29, 1.82) is 0 Å². The van der Waals surface area contributed by atoms with Gasteiger partial charge in [-0.25, -0.2) is 4.79 Å². The Kier molecular flexibility index (Phi) is 4.29. The molecule has 0 saturated heterocycles. The lowest BCUT2D eigenvalue weighted by Gasteiger charge is -2.11.